The second kappa shape index (κ2) is 8.21. The molecule has 2 spiro atoms. The van der Waals surface area contributed by atoms with Crippen LogP contribution < -0.4 is 14.8 Å². The molecule has 1 N–H and O–H groups in total. The number of hydrogen-bond acceptors (Lipinski definition) is 5. The predicted octanol–water partition coefficient (Wildman–Crippen LogP) is 4.28. The summed E-state index contributed by atoms with van der Waals surface area (Å²) in [5.41, 5.74) is 2.64. The molecule has 3 fully saturated rings. The number of ether oxygens (including phenoxy) is 3. The number of methoxy groups -OCH3 is 2. The van der Waals surface area contributed by atoms with Gasteiger partial charge in [0.15, 0.2) is 11.5 Å². The lowest BCUT2D eigenvalue weighted by Gasteiger charge is -2.71. The van der Waals surface area contributed by atoms with E-state index >= 15 is 0 Å². The maximum Gasteiger partial charge on any atom is 0.244 e. The summed E-state index contributed by atoms with van der Waals surface area (Å²) in [6.45, 7) is 2.25. The predicted molar refractivity (Wildman–Crippen MR) is 149 cm³/mol. The van der Waals surface area contributed by atoms with Crippen LogP contribution in [0.25, 0.3) is 6.08 Å². The van der Waals surface area contributed by atoms with E-state index in [1.54, 1.807) is 20.3 Å². The Labute approximate surface area is 230 Å². The number of carbonyl (C=O) groups is 1. The van der Waals surface area contributed by atoms with Crippen LogP contribution in [0.5, 0.6) is 11.5 Å². The number of piperidine rings is 1. The van der Waals surface area contributed by atoms with Crippen LogP contribution in [0.4, 0.5) is 0 Å². The molecular formula is C33H36N2O4. The van der Waals surface area contributed by atoms with Crippen molar-refractivity contribution in [3.63, 3.8) is 0 Å². The summed E-state index contributed by atoms with van der Waals surface area (Å²) < 4.78 is 19.3. The minimum Gasteiger partial charge on any atom is -0.493 e. The van der Waals surface area contributed by atoms with Crippen molar-refractivity contribution < 1.29 is 19.0 Å². The van der Waals surface area contributed by atoms with Crippen molar-refractivity contribution in [1.82, 2.24) is 10.2 Å². The normalized spacial score (nSPS) is 37.0. The first-order chi connectivity index (χ1) is 19.0. The largest absolute Gasteiger partial charge is 0.493 e. The van der Waals surface area contributed by atoms with Crippen LogP contribution >= 0.6 is 0 Å². The van der Waals surface area contributed by atoms with Gasteiger partial charge in [0.1, 0.15) is 11.7 Å². The number of hydrogen-bond donors (Lipinski definition) is 1. The second-order valence-electron chi connectivity index (χ2n) is 12.4. The van der Waals surface area contributed by atoms with Gasteiger partial charge in [0.2, 0.25) is 5.91 Å². The van der Waals surface area contributed by atoms with Gasteiger partial charge in [-0.2, -0.15) is 0 Å². The van der Waals surface area contributed by atoms with Crippen LogP contribution in [0.1, 0.15) is 42.4 Å². The van der Waals surface area contributed by atoms with Gasteiger partial charge in [-0.3, -0.25) is 9.69 Å². The molecule has 4 bridgehead atoms. The molecule has 2 aromatic rings. The third kappa shape index (κ3) is 3.02. The Balaban J connectivity index is 1.23. The van der Waals surface area contributed by atoms with Crippen LogP contribution in [0.2, 0.25) is 0 Å². The molecule has 0 aromatic heterocycles. The molecule has 6 heteroatoms. The highest BCUT2D eigenvalue weighted by molar-refractivity contribution is 5.92. The molecule has 2 aliphatic heterocycles. The average Bonchev–Trinajstić information content (AvgIpc) is 3.71. The van der Waals surface area contributed by atoms with Crippen molar-refractivity contribution >= 4 is 12.0 Å². The average molecular weight is 525 g/mol. The summed E-state index contributed by atoms with van der Waals surface area (Å²) in [6, 6.07) is 14.4. The van der Waals surface area contributed by atoms with Gasteiger partial charge in [0.25, 0.3) is 0 Å². The van der Waals surface area contributed by atoms with Crippen LogP contribution in [0, 0.1) is 11.3 Å². The maximum absolute atomic E-state index is 13.3. The highest BCUT2D eigenvalue weighted by Crippen LogP contribution is 2.73. The number of carbonyl (C=O) groups excluding carboxylic acids is 1. The third-order valence-corrected chi connectivity index (χ3v) is 10.9. The van der Waals surface area contributed by atoms with Crippen LogP contribution in [0.3, 0.4) is 0 Å². The van der Waals surface area contributed by atoms with Crippen molar-refractivity contribution in [3.05, 3.63) is 77.4 Å². The SMILES string of the molecule is COc1ccc2c3c1OC1C4(OC)C=C[C@@]5(CC4NC(=O)/C=C/c4ccccc4)[C@H](C2)N(CC2CC2)CC[C@]315. The molecule has 2 saturated carbocycles. The lowest BCUT2D eigenvalue weighted by Crippen LogP contribution is -2.82. The lowest BCUT2D eigenvalue weighted by atomic mass is 9.38. The van der Waals surface area contributed by atoms with E-state index in [-0.39, 0.29) is 28.9 Å². The molecule has 0 radical (unpaired) electrons. The Bertz CT molecular complexity index is 1400. The summed E-state index contributed by atoms with van der Waals surface area (Å²) in [6.07, 6.45) is 13.6. The molecule has 6 atom stereocenters. The zero-order valence-electron chi connectivity index (χ0n) is 22.7. The van der Waals surface area contributed by atoms with E-state index in [1.165, 1.54) is 30.5 Å². The number of rotatable bonds is 7. The zero-order chi connectivity index (χ0) is 26.4. The van der Waals surface area contributed by atoms with Crippen LogP contribution in [-0.4, -0.2) is 61.9 Å². The zero-order valence-corrected chi connectivity index (χ0v) is 22.7. The highest BCUT2D eigenvalue weighted by atomic mass is 16.6. The van der Waals surface area contributed by atoms with Gasteiger partial charge in [-0.05, 0) is 67.8 Å². The van der Waals surface area contributed by atoms with Crippen molar-refractivity contribution in [2.75, 3.05) is 27.3 Å². The molecule has 1 saturated heterocycles. The molecule has 39 heavy (non-hydrogen) atoms. The molecule has 2 heterocycles. The van der Waals surface area contributed by atoms with Crippen LogP contribution in [0.15, 0.2) is 60.7 Å². The van der Waals surface area contributed by atoms with Gasteiger partial charge in [-0.25, -0.2) is 0 Å². The molecule has 6 nitrogen and oxygen atoms in total. The van der Waals surface area contributed by atoms with Crippen LogP contribution in [-0.2, 0) is 21.4 Å². The summed E-state index contributed by atoms with van der Waals surface area (Å²) in [4.78, 5) is 16.1. The quantitative estimate of drug-likeness (QED) is 0.433. The summed E-state index contributed by atoms with van der Waals surface area (Å²) in [5, 5.41) is 3.38. The summed E-state index contributed by atoms with van der Waals surface area (Å²) >= 11 is 0. The Morgan fingerprint density at radius 3 is 2.77 bits per heavy atom. The fourth-order valence-electron chi connectivity index (χ4n) is 9.05. The maximum atomic E-state index is 13.3. The topological polar surface area (TPSA) is 60.0 Å². The van der Waals surface area contributed by atoms with E-state index in [9.17, 15) is 4.79 Å². The number of nitrogens with zero attached hydrogens (tertiary/aromatic N) is 1. The Morgan fingerprint density at radius 2 is 2.00 bits per heavy atom. The Kier molecular flexibility index (Phi) is 5.01. The fourth-order valence-corrected chi connectivity index (χ4v) is 9.05. The smallest absolute Gasteiger partial charge is 0.244 e. The van der Waals surface area contributed by atoms with Gasteiger partial charge in [-0.15, -0.1) is 0 Å². The van der Waals surface area contributed by atoms with Crippen molar-refractivity contribution in [2.45, 2.75) is 61.3 Å². The standard InChI is InChI=1S/C33H36N2O4/c1-37-24-12-11-23-18-26-31-14-15-33(38-2,25(19-31)34-27(36)13-10-21-6-4-3-5-7-21)30-32(31,28(23)29(24)39-30)16-17-35(26)20-22-8-9-22/h3-7,10-15,22,25-26,30H,8-9,16-20H2,1-2H3,(H,34,36)/b13-10+/t25?,26-,30?,31+,32-,33?/m0/s1. The highest BCUT2D eigenvalue weighted by Gasteiger charge is 2.79. The molecular weight excluding hydrogens is 488 g/mol. The van der Waals surface area contributed by atoms with E-state index in [1.807, 2.05) is 36.4 Å². The molecule has 202 valence electrons. The van der Waals surface area contributed by atoms with E-state index < -0.39 is 5.60 Å². The van der Waals surface area contributed by atoms with E-state index in [2.05, 4.69) is 34.5 Å². The molecule has 7 aliphatic rings. The second-order valence-corrected chi connectivity index (χ2v) is 12.4. The minimum absolute atomic E-state index is 0.101. The van der Waals surface area contributed by atoms with Gasteiger partial charge in [0, 0.05) is 36.8 Å². The lowest BCUT2D eigenvalue weighted by molar-refractivity contribution is -0.203. The third-order valence-electron chi connectivity index (χ3n) is 10.9. The number of fused-ring (bicyclic) bond motifs is 1. The summed E-state index contributed by atoms with van der Waals surface area (Å²) in [5.74, 6) is 2.41. The first-order valence-electron chi connectivity index (χ1n) is 14.4. The van der Waals surface area contributed by atoms with Crippen molar-refractivity contribution in [3.8, 4) is 11.5 Å². The fraction of sp³-hybridized carbons (Fsp3) is 0.485. The number of amides is 1. The molecule has 9 rings (SSSR count). The van der Waals surface area contributed by atoms with Gasteiger partial charge in [0.05, 0.1) is 18.6 Å². The van der Waals surface area contributed by atoms with Gasteiger partial charge >= 0.3 is 0 Å². The Hall–Kier alpha value is -3.09. The molecule has 3 unspecified atom stereocenters. The van der Waals surface area contributed by atoms with Gasteiger partial charge < -0.3 is 19.5 Å². The van der Waals surface area contributed by atoms with Gasteiger partial charge in [-0.1, -0.05) is 48.6 Å². The first kappa shape index (κ1) is 23.8. The number of nitrogens with one attached hydrogen (secondary N) is 1. The van der Waals surface area contributed by atoms with Crippen molar-refractivity contribution in [1.29, 1.82) is 0 Å². The molecule has 1 amide bonds. The summed E-state index contributed by atoms with van der Waals surface area (Å²) in [7, 11) is 3.49. The minimum atomic E-state index is -0.764. The van der Waals surface area contributed by atoms with E-state index in [0.717, 1.165) is 48.8 Å². The monoisotopic (exact) mass is 524 g/mol. The van der Waals surface area contributed by atoms with Crippen molar-refractivity contribution in [2.24, 2.45) is 11.3 Å². The van der Waals surface area contributed by atoms with E-state index in [4.69, 9.17) is 14.2 Å². The number of benzene rings is 2. The molecule has 2 aromatic carbocycles. The Morgan fingerprint density at radius 1 is 1.15 bits per heavy atom. The first-order valence-corrected chi connectivity index (χ1v) is 14.4. The van der Waals surface area contributed by atoms with E-state index in [0.29, 0.717) is 6.04 Å². The number of likely N-dealkylation sites (tertiary alicyclic amines) is 1. The molecule has 5 aliphatic carbocycles.